The van der Waals surface area contributed by atoms with E-state index in [2.05, 4.69) is 9.98 Å². The maximum absolute atomic E-state index is 12.9. The number of amides is 3. The van der Waals surface area contributed by atoms with Gasteiger partial charge < -0.3 is 0 Å². The molecular formula is C15H10F3N3O2. The molecule has 1 aliphatic carbocycles. The number of carbonyl (C=O) groups excluding carboxylic acids is 2. The second-order valence-electron chi connectivity index (χ2n) is 5.09. The quantitative estimate of drug-likeness (QED) is 0.799. The first kappa shape index (κ1) is 15.1. The van der Waals surface area contributed by atoms with Gasteiger partial charge in [0.05, 0.1) is 29.1 Å². The van der Waals surface area contributed by atoms with Crippen LogP contribution in [0.3, 0.4) is 0 Å². The Bertz CT molecular complexity index is 793. The summed E-state index contributed by atoms with van der Waals surface area (Å²) in [6, 6.07) is 0.733. The number of urea groups is 1. The summed E-state index contributed by atoms with van der Waals surface area (Å²) in [7, 11) is 0. The summed E-state index contributed by atoms with van der Waals surface area (Å²) in [5, 5.41) is 0. The van der Waals surface area contributed by atoms with E-state index in [0.717, 1.165) is 23.1 Å². The minimum Gasteiger partial charge on any atom is -0.268 e. The first-order chi connectivity index (χ1) is 10.8. The molecule has 5 nitrogen and oxygen atoms in total. The monoisotopic (exact) mass is 321 g/mol. The third-order valence-electron chi connectivity index (χ3n) is 3.55. The van der Waals surface area contributed by atoms with E-state index in [9.17, 15) is 22.8 Å². The molecule has 0 saturated carbocycles. The van der Waals surface area contributed by atoms with Crippen molar-refractivity contribution < 1.29 is 22.8 Å². The Morgan fingerprint density at radius 2 is 2.00 bits per heavy atom. The van der Waals surface area contributed by atoms with Crippen molar-refractivity contribution in [1.82, 2.24) is 4.98 Å². The van der Waals surface area contributed by atoms with Gasteiger partial charge in [-0.25, -0.2) is 9.69 Å². The summed E-state index contributed by atoms with van der Waals surface area (Å²) in [6.45, 7) is 1.66. The van der Waals surface area contributed by atoms with Crippen molar-refractivity contribution in [1.29, 1.82) is 0 Å². The third-order valence-corrected chi connectivity index (χ3v) is 3.55. The number of allylic oxidation sites excluding steroid dienone is 3. The topological polar surface area (TPSA) is 62.6 Å². The molecule has 0 spiro atoms. The number of anilines is 1. The SMILES string of the molecule is Cc1ccncc1N1C(=O)N=C2C=CC(C(F)(F)F)C=C2C1=O. The van der Waals surface area contributed by atoms with Crippen molar-refractivity contribution in [2.24, 2.45) is 10.9 Å². The lowest BCUT2D eigenvalue weighted by atomic mass is 9.93. The lowest BCUT2D eigenvalue weighted by Gasteiger charge is -2.28. The molecule has 1 atom stereocenters. The van der Waals surface area contributed by atoms with Crippen LogP contribution in [0.2, 0.25) is 0 Å². The van der Waals surface area contributed by atoms with Gasteiger partial charge in [0, 0.05) is 6.20 Å². The standard InChI is InChI=1S/C15H10F3N3O2/c1-8-4-5-19-7-12(8)21-13(22)10-6-9(15(16,17)18)2-3-11(10)20-14(21)23/h2-7,9H,1H3. The molecule has 2 heterocycles. The Labute approximate surface area is 128 Å². The molecule has 0 fully saturated rings. The fourth-order valence-electron chi connectivity index (χ4n) is 2.35. The third kappa shape index (κ3) is 2.56. The zero-order valence-electron chi connectivity index (χ0n) is 11.8. The van der Waals surface area contributed by atoms with Crippen LogP contribution in [0.25, 0.3) is 0 Å². The van der Waals surface area contributed by atoms with E-state index in [1.54, 1.807) is 13.0 Å². The molecule has 0 bridgehead atoms. The van der Waals surface area contributed by atoms with Gasteiger partial charge in [-0.2, -0.15) is 18.2 Å². The van der Waals surface area contributed by atoms with Gasteiger partial charge in [-0.3, -0.25) is 9.78 Å². The lowest BCUT2D eigenvalue weighted by molar-refractivity contribution is -0.149. The molecule has 0 saturated heterocycles. The average Bonchev–Trinajstić information content (AvgIpc) is 2.48. The van der Waals surface area contributed by atoms with Gasteiger partial charge in [0.1, 0.15) is 0 Å². The molecule has 118 valence electrons. The van der Waals surface area contributed by atoms with Gasteiger partial charge in [0.15, 0.2) is 0 Å². The van der Waals surface area contributed by atoms with Crippen LogP contribution in [-0.2, 0) is 4.79 Å². The molecule has 8 heteroatoms. The van der Waals surface area contributed by atoms with Gasteiger partial charge >= 0.3 is 12.2 Å². The second-order valence-corrected chi connectivity index (χ2v) is 5.09. The molecule has 0 N–H and O–H groups in total. The highest BCUT2D eigenvalue weighted by Crippen LogP contribution is 2.34. The molecule has 1 unspecified atom stereocenters. The number of hydrogen-bond donors (Lipinski definition) is 0. The minimum atomic E-state index is -4.51. The van der Waals surface area contributed by atoms with Crippen molar-refractivity contribution in [3.05, 3.63) is 47.8 Å². The van der Waals surface area contributed by atoms with Crippen LogP contribution < -0.4 is 4.90 Å². The van der Waals surface area contributed by atoms with Gasteiger partial charge in [0.2, 0.25) is 0 Å². The fraction of sp³-hybridized carbons (Fsp3) is 0.200. The molecule has 1 aliphatic heterocycles. The van der Waals surface area contributed by atoms with Crippen LogP contribution in [0.15, 0.2) is 47.3 Å². The van der Waals surface area contributed by atoms with Crippen LogP contribution in [0.4, 0.5) is 23.7 Å². The number of carbonyl (C=O) groups is 2. The summed E-state index contributed by atoms with van der Waals surface area (Å²) in [6.07, 6.45) is 0.976. The lowest BCUT2D eigenvalue weighted by Crippen LogP contribution is -2.43. The van der Waals surface area contributed by atoms with Crippen molar-refractivity contribution in [3.63, 3.8) is 0 Å². The van der Waals surface area contributed by atoms with Crippen molar-refractivity contribution in [2.75, 3.05) is 4.90 Å². The number of imide groups is 1. The predicted octanol–water partition coefficient (Wildman–Crippen LogP) is 2.97. The fourth-order valence-corrected chi connectivity index (χ4v) is 2.35. The molecular weight excluding hydrogens is 311 g/mol. The number of pyridine rings is 1. The first-order valence-corrected chi connectivity index (χ1v) is 6.64. The Hall–Kier alpha value is -2.77. The van der Waals surface area contributed by atoms with Crippen molar-refractivity contribution in [3.8, 4) is 0 Å². The predicted molar refractivity (Wildman–Crippen MR) is 76.1 cm³/mol. The number of hydrogen-bond acceptors (Lipinski definition) is 3. The van der Waals surface area contributed by atoms with E-state index in [1.165, 1.54) is 12.4 Å². The summed E-state index contributed by atoms with van der Waals surface area (Å²) in [5.41, 5.74) is 0.486. The summed E-state index contributed by atoms with van der Waals surface area (Å²) in [4.78, 5) is 32.9. The highest BCUT2D eigenvalue weighted by molar-refractivity contribution is 6.40. The maximum Gasteiger partial charge on any atom is 0.398 e. The second kappa shape index (κ2) is 5.15. The Kier molecular flexibility index (Phi) is 3.39. The summed E-state index contributed by atoms with van der Waals surface area (Å²) < 4.78 is 38.6. The molecule has 3 rings (SSSR count). The van der Waals surface area contributed by atoms with Crippen LogP contribution in [-0.4, -0.2) is 28.8 Å². The van der Waals surface area contributed by atoms with Crippen LogP contribution in [0.5, 0.6) is 0 Å². The van der Waals surface area contributed by atoms with Crippen molar-refractivity contribution >= 4 is 23.3 Å². The van der Waals surface area contributed by atoms with Gasteiger partial charge in [-0.15, -0.1) is 0 Å². The molecule has 0 aromatic carbocycles. The van der Waals surface area contributed by atoms with Gasteiger partial charge in [-0.1, -0.05) is 12.2 Å². The number of rotatable bonds is 1. The van der Waals surface area contributed by atoms with Gasteiger partial charge in [0.25, 0.3) is 5.91 Å². The maximum atomic E-state index is 12.9. The molecule has 3 amide bonds. The van der Waals surface area contributed by atoms with Crippen molar-refractivity contribution in [2.45, 2.75) is 13.1 Å². The average molecular weight is 321 g/mol. The Balaban J connectivity index is 2.07. The summed E-state index contributed by atoms with van der Waals surface area (Å²) >= 11 is 0. The smallest absolute Gasteiger partial charge is 0.268 e. The molecule has 1 aromatic rings. The van der Waals surface area contributed by atoms with E-state index < -0.39 is 24.0 Å². The number of fused-ring (bicyclic) bond motifs is 1. The first-order valence-electron chi connectivity index (χ1n) is 6.64. The zero-order valence-corrected chi connectivity index (χ0v) is 11.8. The number of aliphatic imine (C=N–C) groups is 1. The number of nitrogens with zero attached hydrogens (tertiary/aromatic N) is 3. The normalized spacial score (nSPS) is 21.0. The van der Waals surface area contributed by atoms with Gasteiger partial charge in [-0.05, 0) is 24.6 Å². The summed E-state index contributed by atoms with van der Waals surface area (Å²) in [5.74, 6) is -2.72. The Morgan fingerprint density at radius 1 is 1.26 bits per heavy atom. The van der Waals surface area contributed by atoms with E-state index in [4.69, 9.17) is 0 Å². The van der Waals surface area contributed by atoms with Crippen LogP contribution in [0.1, 0.15) is 5.56 Å². The minimum absolute atomic E-state index is 0.0571. The number of aromatic nitrogens is 1. The molecule has 23 heavy (non-hydrogen) atoms. The van der Waals surface area contributed by atoms with Crippen LogP contribution in [0, 0.1) is 12.8 Å². The number of alkyl halides is 3. The highest BCUT2D eigenvalue weighted by Gasteiger charge is 2.42. The number of halogens is 3. The largest absolute Gasteiger partial charge is 0.398 e. The number of aryl methyl sites for hydroxylation is 1. The zero-order chi connectivity index (χ0) is 16.8. The van der Waals surface area contributed by atoms with E-state index in [-0.39, 0.29) is 17.0 Å². The molecule has 1 aromatic heterocycles. The molecule has 0 radical (unpaired) electrons. The van der Waals surface area contributed by atoms with E-state index >= 15 is 0 Å². The highest BCUT2D eigenvalue weighted by atomic mass is 19.4. The van der Waals surface area contributed by atoms with E-state index in [0.29, 0.717) is 5.56 Å². The Morgan fingerprint density at radius 3 is 2.65 bits per heavy atom. The van der Waals surface area contributed by atoms with E-state index in [1.807, 2.05) is 0 Å². The van der Waals surface area contributed by atoms with Crippen LogP contribution >= 0.6 is 0 Å². The molecule has 2 aliphatic rings.